The van der Waals surface area contributed by atoms with Crippen molar-refractivity contribution in [1.82, 2.24) is 5.32 Å². The van der Waals surface area contributed by atoms with Crippen LogP contribution in [0.3, 0.4) is 0 Å². The highest BCUT2D eigenvalue weighted by Crippen LogP contribution is 2.06. The fraction of sp³-hybridized carbons (Fsp3) is 0.300. The summed E-state index contributed by atoms with van der Waals surface area (Å²) in [6.07, 6.45) is -0.878. The molecule has 15 heavy (non-hydrogen) atoms. The van der Waals surface area contributed by atoms with Gasteiger partial charge in [0.1, 0.15) is 5.82 Å². The molecule has 0 aliphatic heterocycles. The lowest BCUT2D eigenvalue weighted by Crippen LogP contribution is -2.37. The van der Waals surface area contributed by atoms with Crippen LogP contribution in [0.5, 0.6) is 0 Å². The third-order valence-corrected chi connectivity index (χ3v) is 1.80. The summed E-state index contributed by atoms with van der Waals surface area (Å²) in [6, 6.07) is 5.68. The number of carbonyl (C=O) groups is 1. The normalized spacial score (nSPS) is 10.4. The summed E-state index contributed by atoms with van der Waals surface area (Å²) in [4.78, 5) is 11.5. The van der Waals surface area contributed by atoms with Crippen LogP contribution in [0.15, 0.2) is 24.3 Å². The topological polar surface area (TPSA) is 47.6 Å². The van der Waals surface area contributed by atoms with E-state index in [1.807, 2.05) is 0 Å². The van der Waals surface area contributed by atoms with E-state index in [2.05, 4.69) is 5.32 Å². The molecule has 0 heterocycles. The van der Waals surface area contributed by atoms with E-state index in [4.69, 9.17) is 9.47 Å². The van der Waals surface area contributed by atoms with Gasteiger partial charge in [0.05, 0.1) is 5.56 Å². The third-order valence-electron chi connectivity index (χ3n) is 1.80. The van der Waals surface area contributed by atoms with Gasteiger partial charge in [0.15, 0.2) is 0 Å². The second-order valence-corrected chi connectivity index (χ2v) is 2.76. The Morgan fingerprint density at radius 2 is 1.93 bits per heavy atom. The molecule has 4 nitrogen and oxygen atoms in total. The van der Waals surface area contributed by atoms with Crippen LogP contribution >= 0.6 is 0 Å². The van der Waals surface area contributed by atoms with Crippen LogP contribution in [0.1, 0.15) is 10.4 Å². The predicted molar refractivity (Wildman–Crippen MR) is 51.7 cm³/mol. The van der Waals surface area contributed by atoms with Gasteiger partial charge in [-0.05, 0) is 12.1 Å². The number of rotatable bonds is 4. The molecule has 0 bridgehead atoms. The van der Waals surface area contributed by atoms with Crippen molar-refractivity contribution in [2.75, 3.05) is 14.2 Å². The molecular weight excluding hydrogens is 201 g/mol. The highest BCUT2D eigenvalue weighted by Gasteiger charge is 2.14. The molecule has 0 spiro atoms. The minimum atomic E-state index is -0.878. The average molecular weight is 213 g/mol. The maximum atomic E-state index is 13.2. The molecule has 0 aliphatic carbocycles. The smallest absolute Gasteiger partial charge is 0.258 e. The van der Waals surface area contributed by atoms with Crippen LogP contribution in [0.2, 0.25) is 0 Å². The van der Waals surface area contributed by atoms with Crippen LogP contribution < -0.4 is 5.32 Å². The molecule has 1 amide bonds. The number of ether oxygens (including phenoxy) is 2. The lowest BCUT2D eigenvalue weighted by Gasteiger charge is -2.14. The van der Waals surface area contributed by atoms with Gasteiger partial charge in [-0.3, -0.25) is 4.79 Å². The average Bonchev–Trinajstić information content (AvgIpc) is 2.26. The van der Waals surface area contributed by atoms with Crippen molar-refractivity contribution < 1.29 is 18.7 Å². The van der Waals surface area contributed by atoms with Crippen LogP contribution in [-0.2, 0) is 9.47 Å². The summed E-state index contributed by atoms with van der Waals surface area (Å²) in [6.45, 7) is 0. The summed E-state index contributed by atoms with van der Waals surface area (Å²) >= 11 is 0. The monoisotopic (exact) mass is 213 g/mol. The maximum Gasteiger partial charge on any atom is 0.258 e. The lowest BCUT2D eigenvalue weighted by molar-refractivity contribution is -0.115. The number of methoxy groups -OCH3 is 2. The van der Waals surface area contributed by atoms with Gasteiger partial charge in [0.2, 0.25) is 6.41 Å². The SMILES string of the molecule is COC(NC(=O)c1ccccc1F)OC. The first kappa shape index (κ1) is 11.6. The predicted octanol–water partition coefficient (Wildman–Crippen LogP) is 1.13. The molecule has 0 saturated heterocycles. The van der Waals surface area contributed by atoms with E-state index in [1.165, 1.54) is 32.4 Å². The zero-order valence-electron chi connectivity index (χ0n) is 8.49. The Bertz CT molecular complexity index is 339. The van der Waals surface area contributed by atoms with Crippen molar-refractivity contribution in [3.8, 4) is 0 Å². The van der Waals surface area contributed by atoms with Gasteiger partial charge in [0, 0.05) is 14.2 Å². The Morgan fingerprint density at radius 3 is 2.47 bits per heavy atom. The number of hydrogen-bond acceptors (Lipinski definition) is 3. The minimum absolute atomic E-state index is 0.0448. The number of hydrogen-bond donors (Lipinski definition) is 1. The fourth-order valence-electron chi connectivity index (χ4n) is 1.04. The van der Waals surface area contributed by atoms with E-state index in [0.29, 0.717) is 0 Å². The summed E-state index contributed by atoms with van der Waals surface area (Å²) in [5.41, 5.74) is -0.0448. The van der Waals surface area contributed by atoms with Crippen LogP contribution in [-0.4, -0.2) is 26.5 Å². The van der Waals surface area contributed by atoms with Gasteiger partial charge in [-0.1, -0.05) is 12.1 Å². The second kappa shape index (κ2) is 5.43. The minimum Gasteiger partial charge on any atom is -0.339 e. The maximum absolute atomic E-state index is 13.2. The number of halogens is 1. The Balaban J connectivity index is 2.73. The molecule has 0 fully saturated rings. The molecule has 0 atom stereocenters. The quantitative estimate of drug-likeness (QED) is 0.763. The van der Waals surface area contributed by atoms with Crippen molar-refractivity contribution in [1.29, 1.82) is 0 Å². The Morgan fingerprint density at radius 1 is 1.33 bits per heavy atom. The highest BCUT2D eigenvalue weighted by atomic mass is 19.1. The van der Waals surface area contributed by atoms with Crippen molar-refractivity contribution in [2.45, 2.75) is 6.41 Å². The van der Waals surface area contributed by atoms with Gasteiger partial charge in [-0.15, -0.1) is 0 Å². The zero-order valence-corrected chi connectivity index (χ0v) is 8.49. The summed E-state index contributed by atoms with van der Waals surface area (Å²) < 4.78 is 22.7. The third kappa shape index (κ3) is 3.00. The van der Waals surface area contributed by atoms with Gasteiger partial charge in [0.25, 0.3) is 5.91 Å². The van der Waals surface area contributed by atoms with Crippen molar-refractivity contribution in [2.24, 2.45) is 0 Å². The van der Waals surface area contributed by atoms with Crippen LogP contribution in [0.25, 0.3) is 0 Å². The first-order chi connectivity index (χ1) is 7.19. The Kier molecular flexibility index (Phi) is 4.20. The molecule has 82 valence electrons. The number of carbonyl (C=O) groups excluding carboxylic acids is 1. The summed E-state index contributed by atoms with van der Waals surface area (Å²) in [5.74, 6) is -1.16. The van der Waals surface area contributed by atoms with E-state index in [-0.39, 0.29) is 5.56 Å². The molecule has 1 N–H and O–H groups in total. The van der Waals surface area contributed by atoms with E-state index in [1.54, 1.807) is 6.07 Å². The molecule has 1 aromatic carbocycles. The number of nitrogens with one attached hydrogen (secondary N) is 1. The van der Waals surface area contributed by atoms with Crippen LogP contribution in [0.4, 0.5) is 4.39 Å². The Hall–Kier alpha value is -1.46. The van der Waals surface area contributed by atoms with Crippen LogP contribution in [0, 0.1) is 5.82 Å². The first-order valence-corrected chi connectivity index (χ1v) is 4.30. The highest BCUT2D eigenvalue weighted by molar-refractivity contribution is 5.94. The van der Waals surface area contributed by atoms with E-state index in [0.717, 1.165) is 0 Å². The fourth-order valence-corrected chi connectivity index (χ4v) is 1.04. The van der Waals surface area contributed by atoms with E-state index in [9.17, 15) is 9.18 Å². The lowest BCUT2D eigenvalue weighted by atomic mass is 10.2. The van der Waals surface area contributed by atoms with E-state index >= 15 is 0 Å². The van der Waals surface area contributed by atoms with Gasteiger partial charge < -0.3 is 14.8 Å². The standard InChI is InChI=1S/C10H12FNO3/c1-14-10(15-2)12-9(13)7-5-3-4-6-8(7)11/h3-6,10H,1-2H3,(H,12,13). The number of benzene rings is 1. The molecule has 5 heteroatoms. The van der Waals surface area contributed by atoms with Crippen molar-refractivity contribution in [3.63, 3.8) is 0 Å². The number of amides is 1. The molecule has 0 radical (unpaired) electrons. The van der Waals surface area contributed by atoms with Crippen molar-refractivity contribution >= 4 is 5.91 Å². The molecule has 0 aliphatic rings. The van der Waals surface area contributed by atoms with Gasteiger partial charge in [-0.2, -0.15) is 0 Å². The second-order valence-electron chi connectivity index (χ2n) is 2.76. The van der Waals surface area contributed by atoms with Gasteiger partial charge >= 0.3 is 0 Å². The largest absolute Gasteiger partial charge is 0.339 e. The summed E-state index contributed by atoms with van der Waals surface area (Å²) in [7, 11) is 2.74. The molecule has 1 rings (SSSR count). The zero-order chi connectivity index (χ0) is 11.3. The molecule has 1 aromatic rings. The molecule has 0 unspecified atom stereocenters. The summed E-state index contributed by atoms with van der Waals surface area (Å²) in [5, 5.41) is 2.35. The van der Waals surface area contributed by atoms with Crippen molar-refractivity contribution in [3.05, 3.63) is 35.6 Å². The molecular formula is C10H12FNO3. The Labute approximate surface area is 87.0 Å². The molecule has 0 aromatic heterocycles. The van der Waals surface area contributed by atoms with Gasteiger partial charge in [-0.25, -0.2) is 4.39 Å². The molecule has 0 saturated carbocycles. The van der Waals surface area contributed by atoms with E-state index < -0.39 is 18.1 Å². The first-order valence-electron chi connectivity index (χ1n) is 4.30.